The number of benzene rings is 1. The molecule has 1 aromatic carbocycles. The van der Waals surface area contributed by atoms with Crippen molar-refractivity contribution in [2.75, 3.05) is 13.2 Å². The van der Waals surface area contributed by atoms with Crippen molar-refractivity contribution in [3.63, 3.8) is 0 Å². The summed E-state index contributed by atoms with van der Waals surface area (Å²) in [6.07, 6.45) is 2.03. The summed E-state index contributed by atoms with van der Waals surface area (Å²) in [6.45, 7) is 7.24. The standard InChI is InChI=1S/C16H25NO2/c1-4-13-8-15(13)17-9-14(18)10-19-16-11(2)6-5-7-12(16)3/h5-7,13-15,17-18H,4,8-10H2,1-3H3. The minimum atomic E-state index is -0.447. The minimum absolute atomic E-state index is 0.349. The summed E-state index contributed by atoms with van der Waals surface area (Å²) in [4.78, 5) is 0. The van der Waals surface area contributed by atoms with E-state index >= 15 is 0 Å². The van der Waals surface area contributed by atoms with Gasteiger partial charge in [0, 0.05) is 12.6 Å². The van der Waals surface area contributed by atoms with Crippen LogP contribution in [0.3, 0.4) is 0 Å². The summed E-state index contributed by atoms with van der Waals surface area (Å²) in [7, 11) is 0. The maximum atomic E-state index is 9.94. The van der Waals surface area contributed by atoms with Crippen LogP contribution < -0.4 is 10.1 Å². The van der Waals surface area contributed by atoms with E-state index < -0.39 is 6.10 Å². The van der Waals surface area contributed by atoms with Crippen molar-refractivity contribution in [1.29, 1.82) is 0 Å². The molecule has 0 heterocycles. The van der Waals surface area contributed by atoms with E-state index in [-0.39, 0.29) is 0 Å². The van der Waals surface area contributed by atoms with Gasteiger partial charge in [0.1, 0.15) is 18.5 Å². The number of hydrogen-bond donors (Lipinski definition) is 2. The van der Waals surface area contributed by atoms with E-state index in [2.05, 4.69) is 12.2 Å². The zero-order chi connectivity index (χ0) is 13.8. The maximum absolute atomic E-state index is 9.94. The molecule has 1 fully saturated rings. The number of para-hydroxylation sites is 1. The average Bonchev–Trinajstić information content (AvgIpc) is 3.14. The van der Waals surface area contributed by atoms with Gasteiger partial charge in [-0.15, -0.1) is 0 Å². The van der Waals surface area contributed by atoms with Crippen LogP contribution in [0.15, 0.2) is 18.2 Å². The van der Waals surface area contributed by atoms with E-state index in [0.29, 0.717) is 19.2 Å². The molecule has 3 nitrogen and oxygen atoms in total. The molecule has 0 aliphatic heterocycles. The van der Waals surface area contributed by atoms with Crippen LogP contribution in [0.5, 0.6) is 5.75 Å². The molecular weight excluding hydrogens is 238 g/mol. The van der Waals surface area contributed by atoms with Crippen LogP contribution in [0.4, 0.5) is 0 Å². The van der Waals surface area contributed by atoms with Crippen molar-refractivity contribution < 1.29 is 9.84 Å². The molecule has 1 aromatic rings. The van der Waals surface area contributed by atoms with Gasteiger partial charge in [-0.05, 0) is 37.3 Å². The average molecular weight is 263 g/mol. The van der Waals surface area contributed by atoms with Crippen molar-refractivity contribution in [2.24, 2.45) is 5.92 Å². The first-order chi connectivity index (χ1) is 9.11. The maximum Gasteiger partial charge on any atom is 0.125 e. The highest BCUT2D eigenvalue weighted by Gasteiger charge is 2.34. The Kier molecular flexibility index (Phi) is 4.83. The monoisotopic (exact) mass is 263 g/mol. The van der Waals surface area contributed by atoms with Gasteiger partial charge in [-0.2, -0.15) is 0 Å². The van der Waals surface area contributed by atoms with Gasteiger partial charge in [0.25, 0.3) is 0 Å². The Balaban J connectivity index is 1.73. The van der Waals surface area contributed by atoms with E-state index in [4.69, 9.17) is 4.74 Å². The molecule has 0 amide bonds. The van der Waals surface area contributed by atoms with Gasteiger partial charge in [0.15, 0.2) is 0 Å². The number of hydrogen-bond acceptors (Lipinski definition) is 3. The Morgan fingerprint density at radius 3 is 2.63 bits per heavy atom. The molecule has 0 aromatic heterocycles. The third kappa shape index (κ3) is 3.95. The molecule has 3 unspecified atom stereocenters. The van der Waals surface area contributed by atoms with Gasteiger partial charge in [0.05, 0.1) is 0 Å². The van der Waals surface area contributed by atoms with Crippen LogP contribution in [0.25, 0.3) is 0 Å². The molecule has 3 heteroatoms. The number of aliphatic hydroxyl groups excluding tert-OH is 1. The van der Waals surface area contributed by atoms with Gasteiger partial charge in [-0.25, -0.2) is 0 Å². The molecule has 1 aliphatic carbocycles. The number of nitrogens with one attached hydrogen (secondary N) is 1. The lowest BCUT2D eigenvalue weighted by atomic mass is 10.1. The number of rotatable bonds is 7. The molecule has 2 rings (SSSR count). The zero-order valence-corrected chi connectivity index (χ0v) is 12.1. The smallest absolute Gasteiger partial charge is 0.125 e. The van der Waals surface area contributed by atoms with Crippen LogP contribution in [0.1, 0.15) is 30.9 Å². The Bertz CT molecular complexity index is 399. The second-order valence-electron chi connectivity index (χ2n) is 5.60. The van der Waals surface area contributed by atoms with Crippen LogP contribution in [-0.4, -0.2) is 30.4 Å². The molecule has 0 radical (unpaired) electrons. The van der Waals surface area contributed by atoms with Gasteiger partial charge in [-0.1, -0.05) is 31.5 Å². The van der Waals surface area contributed by atoms with Crippen LogP contribution in [0, 0.1) is 19.8 Å². The first kappa shape index (κ1) is 14.4. The molecule has 0 bridgehead atoms. The Hall–Kier alpha value is -1.06. The summed E-state index contributed by atoms with van der Waals surface area (Å²) in [6, 6.07) is 6.69. The van der Waals surface area contributed by atoms with E-state index in [9.17, 15) is 5.11 Å². The zero-order valence-electron chi connectivity index (χ0n) is 12.1. The van der Waals surface area contributed by atoms with Gasteiger partial charge in [0.2, 0.25) is 0 Å². The summed E-state index contributed by atoms with van der Waals surface area (Å²) < 4.78 is 5.75. The third-order valence-corrected chi connectivity index (χ3v) is 3.89. The largest absolute Gasteiger partial charge is 0.490 e. The summed E-state index contributed by atoms with van der Waals surface area (Å²) in [5, 5.41) is 13.3. The molecule has 0 spiro atoms. The van der Waals surface area contributed by atoms with Gasteiger partial charge in [-0.3, -0.25) is 0 Å². The molecule has 0 saturated heterocycles. The van der Waals surface area contributed by atoms with Gasteiger partial charge >= 0.3 is 0 Å². The lowest BCUT2D eigenvalue weighted by Gasteiger charge is -2.16. The molecule has 3 atom stereocenters. The molecule has 1 aliphatic rings. The van der Waals surface area contributed by atoms with Crippen molar-refractivity contribution in [3.8, 4) is 5.75 Å². The van der Waals surface area contributed by atoms with E-state index in [1.807, 2.05) is 32.0 Å². The number of aryl methyl sites for hydroxylation is 2. The minimum Gasteiger partial charge on any atom is -0.490 e. The quantitative estimate of drug-likeness (QED) is 0.794. The summed E-state index contributed by atoms with van der Waals surface area (Å²) >= 11 is 0. The Morgan fingerprint density at radius 1 is 1.37 bits per heavy atom. The third-order valence-electron chi connectivity index (χ3n) is 3.89. The van der Waals surface area contributed by atoms with Crippen LogP contribution in [-0.2, 0) is 0 Å². The fraction of sp³-hybridized carbons (Fsp3) is 0.625. The summed E-state index contributed by atoms with van der Waals surface area (Å²) in [5.41, 5.74) is 2.24. The lowest BCUT2D eigenvalue weighted by Crippen LogP contribution is -2.33. The molecule has 106 valence electrons. The van der Waals surface area contributed by atoms with E-state index in [1.54, 1.807) is 0 Å². The lowest BCUT2D eigenvalue weighted by molar-refractivity contribution is 0.105. The predicted octanol–water partition coefficient (Wildman–Crippen LogP) is 2.43. The molecule has 2 N–H and O–H groups in total. The van der Waals surface area contributed by atoms with Crippen LogP contribution >= 0.6 is 0 Å². The Labute approximate surface area is 116 Å². The Morgan fingerprint density at radius 2 is 2.05 bits per heavy atom. The highest BCUT2D eigenvalue weighted by atomic mass is 16.5. The number of ether oxygens (including phenoxy) is 1. The second-order valence-corrected chi connectivity index (χ2v) is 5.60. The highest BCUT2D eigenvalue weighted by Crippen LogP contribution is 2.32. The van der Waals surface area contributed by atoms with Crippen molar-refractivity contribution >= 4 is 0 Å². The predicted molar refractivity (Wildman–Crippen MR) is 77.6 cm³/mol. The molecule has 1 saturated carbocycles. The molecule has 19 heavy (non-hydrogen) atoms. The second kappa shape index (κ2) is 6.40. The van der Waals surface area contributed by atoms with E-state index in [1.165, 1.54) is 12.8 Å². The topological polar surface area (TPSA) is 41.5 Å². The van der Waals surface area contributed by atoms with Crippen molar-refractivity contribution in [1.82, 2.24) is 5.32 Å². The fourth-order valence-electron chi connectivity index (χ4n) is 2.50. The fourth-order valence-corrected chi connectivity index (χ4v) is 2.50. The van der Waals surface area contributed by atoms with E-state index in [0.717, 1.165) is 22.8 Å². The highest BCUT2D eigenvalue weighted by molar-refractivity contribution is 5.39. The number of aliphatic hydroxyl groups is 1. The van der Waals surface area contributed by atoms with Crippen molar-refractivity contribution in [3.05, 3.63) is 29.3 Å². The first-order valence-electron chi connectivity index (χ1n) is 7.22. The van der Waals surface area contributed by atoms with Crippen molar-refractivity contribution in [2.45, 2.75) is 45.8 Å². The summed E-state index contributed by atoms with van der Waals surface area (Å²) in [5.74, 6) is 1.71. The molecular formula is C16H25NO2. The normalized spacial score (nSPS) is 23.2. The van der Waals surface area contributed by atoms with Crippen LogP contribution in [0.2, 0.25) is 0 Å². The SMILES string of the molecule is CCC1CC1NCC(O)COc1c(C)cccc1C. The van der Waals surface area contributed by atoms with Gasteiger partial charge < -0.3 is 15.2 Å². The first-order valence-corrected chi connectivity index (χ1v) is 7.22.